The number of rotatable bonds is 8. The number of methoxy groups -OCH3 is 1. The van der Waals surface area contributed by atoms with E-state index in [9.17, 15) is 0 Å². The minimum absolute atomic E-state index is 0. The lowest BCUT2D eigenvalue weighted by atomic mass is 9.83. The van der Waals surface area contributed by atoms with Crippen molar-refractivity contribution in [3.63, 3.8) is 0 Å². The van der Waals surface area contributed by atoms with Crippen molar-refractivity contribution in [1.82, 2.24) is 25.4 Å². The monoisotopic (exact) mass is 498 g/mol. The second-order valence-electron chi connectivity index (χ2n) is 7.18. The SMILES string of the molecule is CN=C(NCc1nncn1-c1ccccc1)NCC1(CCOC)CCCC1.I. The van der Waals surface area contributed by atoms with Crippen LogP contribution in [0.15, 0.2) is 41.7 Å². The summed E-state index contributed by atoms with van der Waals surface area (Å²) in [5.74, 6) is 1.64. The van der Waals surface area contributed by atoms with E-state index in [1.165, 1.54) is 25.7 Å². The molecular weight excluding hydrogens is 467 g/mol. The highest BCUT2D eigenvalue weighted by atomic mass is 127. The largest absolute Gasteiger partial charge is 0.385 e. The number of halogens is 1. The summed E-state index contributed by atoms with van der Waals surface area (Å²) in [7, 11) is 3.58. The predicted octanol–water partition coefficient (Wildman–Crippen LogP) is 3.15. The quantitative estimate of drug-likeness (QED) is 0.332. The highest BCUT2D eigenvalue weighted by Crippen LogP contribution is 2.40. The van der Waals surface area contributed by atoms with Gasteiger partial charge in [-0.25, -0.2) is 0 Å². The maximum Gasteiger partial charge on any atom is 0.191 e. The van der Waals surface area contributed by atoms with Crippen molar-refractivity contribution in [3.05, 3.63) is 42.5 Å². The van der Waals surface area contributed by atoms with Crippen LogP contribution >= 0.6 is 24.0 Å². The molecule has 0 atom stereocenters. The minimum atomic E-state index is 0. The summed E-state index contributed by atoms with van der Waals surface area (Å²) in [5, 5.41) is 15.2. The molecule has 0 aliphatic heterocycles. The van der Waals surface area contributed by atoms with Gasteiger partial charge in [-0.3, -0.25) is 9.56 Å². The van der Waals surface area contributed by atoms with Gasteiger partial charge in [-0.2, -0.15) is 0 Å². The first-order chi connectivity index (χ1) is 13.3. The van der Waals surface area contributed by atoms with Gasteiger partial charge in [0, 0.05) is 33.0 Å². The fourth-order valence-corrected chi connectivity index (χ4v) is 3.80. The Balaban J connectivity index is 0.00000280. The van der Waals surface area contributed by atoms with Gasteiger partial charge in [-0.15, -0.1) is 34.2 Å². The lowest BCUT2D eigenvalue weighted by Gasteiger charge is -2.29. The van der Waals surface area contributed by atoms with Crippen molar-refractivity contribution >= 4 is 29.9 Å². The Morgan fingerprint density at radius 2 is 1.96 bits per heavy atom. The number of para-hydroxylation sites is 1. The van der Waals surface area contributed by atoms with E-state index in [0.717, 1.165) is 37.0 Å². The molecule has 1 heterocycles. The molecule has 0 bridgehead atoms. The maximum absolute atomic E-state index is 5.32. The first kappa shape index (κ1) is 22.6. The Morgan fingerprint density at radius 1 is 1.21 bits per heavy atom. The average molecular weight is 498 g/mol. The lowest BCUT2D eigenvalue weighted by molar-refractivity contribution is 0.138. The van der Waals surface area contributed by atoms with E-state index in [1.807, 2.05) is 34.9 Å². The van der Waals surface area contributed by atoms with Crippen LogP contribution in [0.25, 0.3) is 5.69 Å². The Bertz CT molecular complexity index is 727. The lowest BCUT2D eigenvalue weighted by Crippen LogP contribution is -2.43. The topological polar surface area (TPSA) is 76.4 Å². The fourth-order valence-electron chi connectivity index (χ4n) is 3.80. The highest BCUT2D eigenvalue weighted by Gasteiger charge is 2.33. The predicted molar refractivity (Wildman–Crippen MR) is 122 cm³/mol. The molecule has 154 valence electrons. The Kier molecular flexibility index (Phi) is 9.17. The van der Waals surface area contributed by atoms with Crippen molar-refractivity contribution in [3.8, 4) is 5.69 Å². The van der Waals surface area contributed by atoms with E-state index in [2.05, 4.69) is 25.8 Å². The van der Waals surface area contributed by atoms with Gasteiger partial charge in [-0.1, -0.05) is 31.0 Å². The van der Waals surface area contributed by atoms with E-state index in [1.54, 1.807) is 20.5 Å². The van der Waals surface area contributed by atoms with Crippen LogP contribution in [0.2, 0.25) is 0 Å². The molecule has 1 aromatic heterocycles. The van der Waals surface area contributed by atoms with Crippen molar-refractivity contribution < 1.29 is 4.74 Å². The molecule has 8 heteroatoms. The van der Waals surface area contributed by atoms with E-state index >= 15 is 0 Å². The first-order valence-electron chi connectivity index (χ1n) is 9.64. The molecule has 0 saturated heterocycles. The summed E-state index contributed by atoms with van der Waals surface area (Å²) in [6.45, 7) is 2.29. The molecule has 0 radical (unpaired) electrons. The minimum Gasteiger partial charge on any atom is -0.385 e. The molecule has 2 N–H and O–H groups in total. The van der Waals surface area contributed by atoms with Gasteiger partial charge in [0.1, 0.15) is 6.33 Å². The van der Waals surface area contributed by atoms with Crippen molar-refractivity contribution in [2.75, 3.05) is 27.3 Å². The number of ether oxygens (including phenoxy) is 1. The van der Waals surface area contributed by atoms with Gasteiger partial charge in [0.05, 0.1) is 6.54 Å². The number of hydrogen-bond acceptors (Lipinski definition) is 4. The molecule has 1 fully saturated rings. The third-order valence-electron chi connectivity index (χ3n) is 5.42. The molecule has 7 nitrogen and oxygen atoms in total. The molecule has 1 saturated carbocycles. The summed E-state index contributed by atoms with van der Waals surface area (Å²) in [4.78, 5) is 4.37. The summed E-state index contributed by atoms with van der Waals surface area (Å²) in [6.07, 6.45) is 7.94. The molecule has 2 aromatic rings. The number of nitrogens with one attached hydrogen (secondary N) is 2. The molecule has 28 heavy (non-hydrogen) atoms. The Labute approximate surface area is 184 Å². The number of benzene rings is 1. The van der Waals surface area contributed by atoms with Crippen LogP contribution in [0.1, 0.15) is 37.9 Å². The zero-order chi connectivity index (χ0) is 19.0. The molecule has 0 spiro atoms. The summed E-state index contributed by atoms with van der Waals surface area (Å²) >= 11 is 0. The van der Waals surface area contributed by atoms with Crippen LogP contribution in [0.4, 0.5) is 0 Å². The molecule has 1 aliphatic rings. The van der Waals surface area contributed by atoms with Crippen molar-refractivity contribution in [2.45, 2.75) is 38.6 Å². The van der Waals surface area contributed by atoms with E-state index < -0.39 is 0 Å². The molecular formula is C20H31IN6O. The summed E-state index contributed by atoms with van der Waals surface area (Å²) in [5.41, 5.74) is 1.37. The fraction of sp³-hybridized carbons (Fsp3) is 0.550. The van der Waals surface area contributed by atoms with Gasteiger partial charge in [0.25, 0.3) is 0 Å². The van der Waals surface area contributed by atoms with Gasteiger partial charge < -0.3 is 15.4 Å². The van der Waals surface area contributed by atoms with Crippen LogP contribution < -0.4 is 10.6 Å². The van der Waals surface area contributed by atoms with Crippen LogP contribution in [0.3, 0.4) is 0 Å². The van der Waals surface area contributed by atoms with Gasteiger partial charge in [0.2, 0.25) is 0 Å². The number of aromatic nitrogens is 3. The molecule has 3 rings (SSSR count). The number of nitrogens with zero attached hydrogens (tertiary/aromatic N) is 4. The summed E-state index contributed by atoms with van der Waals surface area (Å²) in [6, 6.07) is 10.1. The van der Waals surface area contributed by atoms with Crippen molar-refractivity contribution in [2.24, 2.45) is 10.4 Å². The van der Waals surface area contributed by atoms with Gasteiger partial charge >= 0.3 is 0 Å². The second-order valence-corrected chi connectivity index (χ2v) is 7.18. The smallest absolute Gasteiger partial charge is 0.191 e. The highest BCUT2D eigenvalue weighted by molar-refractivity contribution is 14.0. The first-order valence-corrected chi connectivity index (χ1v) is 9.64. The Morgan fingerprint density at radius 3 is 2.64 bits per heavy atom. The van der Waals surface area contributed by atoms with Gasteiger partial charge in [-0.05, 0) is 36.8 Å². The van der Waals surface area contributed by atoms with Crippen LogP contribution in [-0.4, -0.2) is 48.0 Å². The molecule has 0 unspecified atom stereocenters. The molecule has 0 amide bonds. The average Bonchev–Trinajstić information content (AvgIpc) is 3.37. The second kappa shape index (κ2) is 11.4. The normalized spacial score (nSPS) is 15.9. The number of guanidine groups is 1. The van der Waals surface area contributed by atoms with Crippen molar-refractivity contribution in [1.29, 1.82) is 0 Å². The third kappa shape index (κ3) is 5.91. The van der Waals surface area contributed by atoms with E-state index in [0.29, 0.717) is 12.0 Å². The zero-order valence-electron chi connectivity index (χ0n) is 16.7. The number of aliphatic imine (C=N–C) groups is 1. The third-order valence-corrected chi connectivity index (χ3v) is 5.42. The van der Waals surface area contributed by atoms with Gasteiger partial charge in [0.15, 0.2) is 11.8 Å². The maximum atomic E-state index is 5.32. The molecule has 1 aliphatic carbocycles. The van der Waals surface area contributed by atoms with Crippen LogP contribution in [0, 0.1) is 5.41 Å². The van der Waals surface area contributed by atoms with E-state index in [-0.39, 0.29) is 24.0 Å². The summed E-state index contributed by atoms with van der Waals surface area (Å²) < 4.78 is 7.31. The number of hydrogen-bond donors (Lipinski definition) is 2. The Hall–Kier alpha value is -1.68. The van der Waals surface area contributed by atoms with E-state index in [4.69, 9.17) is 4.74 Å². The molecule has 1 aromatic carbocycles. The standard InChI is InChI=1S/C20H30N6O.HI/c1-21-19(23-15-20(12-13-27-2)10-6-7-11-20)22-14-18-25-24-16-26(18)17-8-4-3-5-9-17;/h3-5,8-9,16H,6-7,10-15H2,1-2H3,(H2,21,22,23);1H. The van der Waals surface area contributed by atoms with Crippen LogP contribution in [0.5, 0.6) is 0 Å². The van der Waals surface area contributed by atoms with Crippen LogP contribution in [-0.2, 0) is 11.3 Å². The zero-order valence-corrected chi connectivity index (χ0v) is 19.1.